The van der Waals surface area contributed by atoms with Gasteiger partial charge in [0.1, 0.15) is 35.6 Å². The normalized spacial score (nSPS) is 16.5. The smallest absolute Gasteiger partial charge is 0.360 e. The minimum Gasteiger partial charge on any atom is -0.360 e. The van der Waals surface area contributed by atoms with Gasteiger partial charge in [0, 0.05) is 18.8 Å². The van der Waals surface area contributed by atoms with Crippen molar-refractivity contribution in [1.82, 2.24) is 4.98 Å². The van der Waals surface area contributed by atoms with Gasteiger partial charge in [0.25, 0.3) is 0 Å². The van der Waals surface area contributed by atoms with Gasteiger partial charge in [0.15, 0.2) is 0 Å². The Balaban J connectivity index is 2.08. The lowest BCUT2D eigenvalue weighted by Crippen LogP contribution is -2.48. The number of fused-ring (bicyclic) bond motifs is 1. The number of aldehydes is 1. The number of aromatic nitrogens is 1. The van der Waals surface area contributed by atoms with Gasteiger partial charge < -0.3 is 19.9 Å². The van der Waals surface area contributed by atoms with E-state index in [0.717, 1.165) is 6.07 Å². The Kier molecular flexibility index (Phi) is 6.86. The summed E-state index contributed by atoms with van der Waals surface area (Å²) >= 11 is 0. The summed E-state index contributed by atoms with van der Waals surface area (Å²) in [5, 5.41) is 12.1. The summed E-state index contributed by atoms with van der Waals surface area (Å²) in [5.74, 6) is -1.48. The summed E-state index contributed by atoms with van der Waals surface area (Å²) < 4.78 is 55.1. The topological polar surface area (TPSA) is 89.3 Å². The average molecular weight is 463 g/mol. The molecule has 1 aromatic carbocycles. The second kappa shape index (κ2) is 9.44. The lowest BCUT2D eigenvalue weighted by Gasteiger charge is -2.36. The van der Waals surface area contributed by atoms with E-state index in [1.54, 1.807) is 6.92 Å². The van der Waals surface area contributed by atoms with Gasteiger partial charge in [-0.15, -0.1) is 0 Å². The molecule has 1 aromatic heterocycles. The van der Waals surface area contributed by atoms with Gasteiger partial charge in [0.05, 0.1) is 23.5 Å². The maximum absolute atomic E-state index is 14.7. The van der Waals surface area contributed by atoms with Gasteiger partial charge in [-0.2, -0.15) is 18.4 Å². The minimum absolute atomic E-state index is 0.0180. The number of halogens is 4. The van der Waals surface area contributed by atoms with Crippen molar-refractivity contribution < 1.29 is 27.2 Å². The molecule has 0 radical (unpaired) electrons. The maximum Gasteiger partial charge on any atom is 0.417 e. The quantitative estimate of drug-likeness (QED) is 0.538. The zero-order chi connectivity index (χ0) is 24.3. The molecule has 0 saturated carbocycles. The number of hydrogen-bond acceptors (Lipinski definition) is 6. The molecule has 0 unspecified atom stereocenters. The Labute approximate surface area is 187 Å². The maximum atomic E-state index is 14.7. The zero-order valence-electron chi connectivity index (χ0n) is 17.9. The number of carbonyl (C=O) groups excluding carboxylic acids is 2. The van der Waals surface area contributed by atoms with Crippen LogP contribution >= 0.6 is 0 Å². The highest BCUT2D eigenvalue weighted by atomic mass is 19.4. The summed E-state index contributed by atoms with van der Waals surface area (Å²) in [6, 6.07) is 5.42. The van der Waals surface area contributed by atoms with Crippen LogP contribution in [0.15, 0.2) is 24.3 Å². The zero-order valence-corrected chi connectivity index (χ0v) is 17.9. The van der Waals surface area contributed by atoms with E-state index >= 15 is 0 Å². The van der Waals surface area contributed by atoms with Crippen LogP contribution in [-0.4, -0.2) is 42.9 Å². The van der Waals surface area contributed by atoms with Gasteiger partial charge in [-0.1, -0.05) is 6.07 Å². The molecular formula is C22H21F4N5O2. The van der Waals surface area contributed by atoms with Gasteiger partial charge in [-0.3, -0.25) is 4.79 Å². The van der Waals surface area contributed by atoms with Crippen molar-refractivity contribution in [3.05, 3.63) is 46.9 Å². The highest BCUT2D eigenvalue weighted by Crippen LogP contribution is 2.37. The molecule has 174 valence electrons. The van der Waals surface area contributed by atoms with Crippen molar-refractivity contribution in [2.45, 2.75) is 32.5 Å². The second-order valence-electron chi connectivity index (χ2n) is 7.43. The third-order valence-electron chi connectivity index (χ3n) is 5.31. The van der Waals surface area contributed by atoms with Crippen LogP contribution in [0.3, 0.4) is 0 Å². The fraction of sp³-hybridized carbons (Fsp3) is 0.364. The van der Waals surface area contributed by atoms with Gasteiger partial charge in [-0.25, -0.2) is 9.37 Å². The van der Waals surface area contributed by atoms with Crippen molar-refractivity contribution in [3.63, 3.8) is 0 Å². The number of likely N-dealkylation sites (N-methyl/N-ethyl adjacent to an activating group) is 1. The van der Waals surface area contributed by atoms with E-state index in [1.807, 2.05) is 0 Å². The van der Waals surface area contributed by atoms with Crippen LogP contribution in [0.4, 0.5) is 34.8 Å². The largest absolute Gasteiger partial charge is 0.417 e. The Morgan fingerprint density at radius 2 is 2.09 bits per heavy atom. The number of hydrogen-bond donors (Lipinski definition) is 1. The number of amides is 1. The average Bonchev–Trinajstić information content (AvgIpc) is 2.74. The Hall–Kier alpha value is -3.68. The molecule has 1 atom stereocenters. The number of anilines is 3. The molecule has 1 amide bonds. The second-order valence-corrected chi connectivity index (χ2v) is 7.43. The van der Waals surface area contributed by atoms with E-state index in [2.05, 4.69) is 10.3 Å². The number of nitriles is 1. The Morgan fingerprint density at radius 1 is 1.36 bits per heavy atom. The van der Waals surface area contributed by atoms with Crippen molar-refractivity contribution in [1.29, 1.82) is 5.26 Å². The number of nitrogens with zero attached hydrogens (tertiary/aromatic N) is 4. The fourth-order valence-electron chi connectivity index (χ4n) is 3.87. The number of para-hydroxylation sites is 1. The van der Waals surface area contributed by atoms with Crippen LogP contribution in [0.5, 0.6) is 0 Å². The van der Waals surface area contributed by atoms with E-state index in [0.29, 0.717) is 6.29 Å². The minimum atomic E-state index is -4.78. The third kappa shape index (κ3) is 4.74. The summed E-state index contributed by atoms with van der Waals surface area (Å²) in [6.45, 7) is 3.08. The molecule has 0 fully saturated rings. The van der Waals surface area contributed by atoms with E-state index in [1.165, 1.54) is 41.0 Å². The SMILES string of the molecule is CCN1C(=O)[C@@H](Nc2nc(C)cc(C(F)(F)F)c2C#N)CCN(CC=O)c2c(F)cccc21. The van der Waals surface area contributed by atoms with Gasteiger partial charge >= 0.3 is 6.18 Å². The molecule has 0 saturated heterocycles. The van der Waals surface area contributed by atoms with E-state index in [-0.39, 0.29) is 48.9 Å². The molecule has 2 heterocycles. The Morgan fingerprint density at radius 3 is 2.70 bits per heavy atom. The molecular weight excluding hydrogens is 442 g/mol. The molecule has 0 spiro atoms. The highest BCUT2D eigenvalue weighted by Gasteiger charge is 2.37. The molecule has 1 N–H and O–H groups in total. The first kappa shape index (κ1) is 24.0. The van der Waals surface area contributed by atoms with Crippen LogP contribution in [-0.2, 0) is 15.8 Å². The van der Waals surface area contributed by atoms with Gasteiger partial charge in [0.2, 0.25) is 5.91 Å². The molecule has 0 aliphatic carbocycles. The van der Waals surface area contributed by atoms with Crippen LogP contribution in [0.1, 0.15) is 30.2 Å². The first-order chi connectivity index (χ1) is 15.6. The number of rotatable bonds is 5. The lowest BCUT2D eigenvalue weighted by atomic mass is 10.0. The van der Waals surface area contributed by atoms with Crippen molar-refractivity contribution >= 4 is 29.4 Å². The first-order valence-electron chi connectivity index (χ1n) is 10.2. The number of aryl methyl sites for hydroxylation is 1. The van der Waals surface area contributed by atoms with E-state index < -0.39 is 35.1 Å². The van der Waals surface area contributed by atoms with Crippen LogP contribution < -0.4 is 15.1 Å². The Bertz CT molecular complexity index is 1110. The van der Waals surface area contributed by atoms with Gasteiger partial charge in [-0.05, 0) is 38.5 Å². The van der Waals surface area contributed by atoms with E-state index in [4.69, 9.17) is 0 Å². The highest BCUT2D eigenvalue weighted by molar-refractivity contribution is 6.02. The summed E-state index contributed by atoms with van der Waals surface area (Å²) in [7, 11) is 0. The van der Waals surface area contributed by atoms with Crippen molar-refractivity contribution in [2.24, 2.45) is 0 Å². The number of carbonyl (C=O) groups is 2. The van der Waals surface area contributed by atoms with Crippen molar-refractivity contribution in [3.8, 4) is 6.07 Å². The summed E-state index contributed by atoms with van der Waals surface area (Å²) in [6.07, 6.45) is -4.16. The number of nitrogens with one attached hydrogen (secondary N) is 1. The fourth-order valence-corrected chi connectivity index (χ4v) is 3.87. The molecule has 0 bridgehead atoms. The predicted octanol–water partition coefficient (Wildman–Crippen LogP) is 3.66. The predicted molar refractivity (Wildman–Crippen MR) is 113 cm³/mol. The number of benzene rings is 1. The van der Waals surface area contributed by atoms with Crippen molar-refractivity contribution in [2.75, 3.05) is 34.8 Å². The lowest BCUT2D eigenvalue weighted by molar-refractivity contribution is -0.137. The summed E-state index contributed by atoms with van der Waals surface area (Å²) in [5.41, 5.74) is -1.51. The molecule has 33 heavy (non-hydrogen) atoms. The monoisotopic (exact) mass is 463 g/mol. The van der Waals surface area contributed by atoms with Crippen LogP contribution in [0.2, 0.25) is 0 Å². The molecule has 1 aliphatic rings. The summed E-state index contributed by atoms with van der Waals surface area (Å²) in [4.78, 5) is 31.4. The standard InChI is InChI=1S/C22H21F4N5O2/c1-3-31-18-6-4-5-16(23)19(18)30(9-10-32)8-7-17(21(31)33)29-20-14(12-27)15(22(24,25)26)11-13(2)28-20/h4-6,10-11,17H,3,7-9H2,1-2H3,(H,28,29)/t17-/m0/s1. The third-order valence-corrected chi connectivity index (χ3v) is 5.31. The first-order valence-corrected chi connectivity index (χ1v) is 10.2. The number of alkyl halides is 3. The van der Waals surface area contributed by atoms with Crippen LogP contribution in [0, 0.1) is 24.1 Å². The molecule has 3 rings (SSSR count). The number of pyridine rings is 1. The molecule has 11 heteroatoms. The van der Waals surface area contributed by atoms with E-state index in [9.17, 15) is 32.4 Å². The molecule has 7 nitrogen and oxygen atoms in total. The molecule has 2 aromatic rings. The molecule has 1 aliphatic heterocycles. The van der Waals surface area contributed by atoms with Crippen LogP contribution in [0.25, 0.3) is 0 Å².